The van der Waals surface area contributed by atoms with Gasteiger partial charge in [-0.1, -0.05) is 17.8 Å². The summed E-state index contributed by atoms with van der Waals surface area (Å²) in [4.78, 5) is 18.6. The summed E-state index contributed by atoms with van der Waals surface area (Å²) in [5, 5.41) is 0.410. The molecule has 23 heavy (non-hydrogen) atoms. The number of nitrogens with zero attached hydrogens (tertiary/aromatic N) is 3. The van der Waals surface area contributed by atoms with Crippen LogP contribution in [0.4, 0.5) is 4.39 Å². The van der Waals surface area contributed by atoms with Gasteiger partial charge in [-0.2, -0.15) is 0 Å². The minimum atomic E-state index is -0.301. The van der Waals surface area contributed by atoms with E-state index in [4.69, 9.17) is 4.74 Å². The van der Waals surface area contributed by atoms with Crippen LogP contribution in [-0.2, 0) is 9.53 Å². The molecule has 1 aromatic heterocycles. The lowest BCUT2D eigenvalue weighted by atomic mass is 10.3. The molecular formula is C16H18FN3O2S. The standard InChI is InChI=1S/C16H18FN3O2S/c1-12(15(21)19-7-9-22-10-8-19)23-16-18-5-6-20(16)14-4-2-3-13(17)11-14/h2-6,11-12H,7-10H2,1H3/t12-/m0/s1. The summed E-state index contributed by atoms with van der Waals surface area (Å²) >= 11 is 1.38. The lowest BCUT2D eigenvalue weighted by molar-refractivity contribution is -0.134. The van der Waals surface area contributed by atoms with Crippen LogP contribution in [0.3, 0.4) is 0 Å². The molecule has 5 nitrogen and oxygen atoms in total. The van der Waals surface area contributed by atoms with E-state index in [2.05, 4.69) is 4.98 Å². The Bertz CT molecular complexity index is 685. The third kappa shape index (κ3) is 3.73. The SMILES string of the molecule is C[C@H](Sc1nccn1-c1cccc(F)c1)C(=O)N1CCOCC1. The Morgan fingerprint density at radius 3 is 2.91 bits per heavy atom. The van der Waals surface area contributed by atoms with Crippen molar-refractivity contribution >= 4 is 17.7 Å². The summed E-state index contributed by atoms with van der Waals surface area (Å²) in [5.41, 5.74) is 0.691. The molecule has 1 atom stereocenters. The van der Waals surface area contributed by atoms with Crippen molar-refractivity contribution in [1.82, 2.24) is 14.5 Å². The molecule has 122 valence electrons. The molecule has 1 amide bonds. The van der Waals surface area contributed by atoms with Crippen LogP contribution in [-0.4, -0.2) is 51.9 Å². The Hall–Kier alpha value is -1.86. The van der Waals surface area contributed by atoms with Crippen LogP contribution in [0.5, 0.6) is 0 Å². The molecule has 0 aliphatic carbocycles. The van der Waals surface area contributed by atoms with Crippen LogP contribution in [0.2, 0.25) is 0 Å². The minimum absolute atomic E-state index is 0.0760. The van der Waals surface area contributed by atoms with Crippen molar-refractivity contribution in [3.63, 3.8) is 0 Å². The van der Waals surface area contributed by atoms with E-state index in [9.17, 15) is 9.18 Å². The fourth-order valence-electron chi connectivity index (χ4n) is 2.45. The zero-order valence-corrected chi connectivity index (χ0v) is 13.6. The van der Waals surface area contributed by atoms with Crippen LogP contribution >= 0.6 is 11.8 Å². The molecule has 0 saturated carbocycles. The summed E-state index contributed by atoms with van der Waals surface area (Å²) in [5.74, 6) is -0.225. The van der Waals surface area contributed by atoms with Gasteiger partial charge < -0.3 is 9.64 Å². The highest BCUT2D eigenvalue weighted by Gasteiger charge is 2.24. The number of hydrogen-bond donors (Lipinski definition) is 0. The number of halogens is 1. The fraction of sp³-hybridized carbons (Fsp3) is 0.375. The maximum absolute atomic E-state index is 13.4. The topological polar surface area (TPSA) is 47.4 Å². The molecule has 1 aliphatic rings. The van der Waals surface area contributed by atoms with Gasteiger partial charge in [0.15, 0.2) is 5.16 Å². The zero-order valence-electron chi connectivity index (χ0n) is 12.8. The molecule has 2 heterocycles. The summed E-state index contributed by atoms with van der Waals surface area (Å²) in [6, 6.07) is 6.31. The summed E-state index contributed by atoms with van der Waals surface area (Å²) in [6.45, 7) is 4.29. The average Bonchev–Trinajstić information content (AvgIpc) is 3.03. The minimum Gasteiger partial charge on any atom is -0.378 e. The van der Waals surface area contributed by atoms with Gasteiger partial charge in [0.25, 0.3) is 0 Å². The van der Waals surface area contributed by atoms with E-state index in [-0.39, 0.29) is 17.0 Å². The quantitative estimate of drug-likeness (QED) is 0.805. The van der Waals surface area contributed by atoms with Crippen molar-refractivity contribution in [2.45, 2.75) is 17.3 Å². The Kier molecular flexibility index (Phi) is 4.97. The number of thioether (sulfide) groups is 1. The van der Waals surface area contributed by atoms with Gasteiger partial charge in [0, 0.05) is 25.5 Å². The highest BCUT2D eigenvalue weighted by atomic mass is 32.2. The van der Waals surface area contributed by atoms with Gasteiger partial charge in [-0.05, 0) is 25.1 Å². The van der Waals surface area contributed by atoms with Gasteiger partial charge >= 0.3 is 0 Å². The lowest BCUT2D eigenvalue weighted by Gasteiger charge is -2.28. The second-order valence-electron chi connectivity index (χ2n) is 5.26. The molecule has 0 spiro atoms. The lowest BCUT2D eigenvalue weighted by Crippen LogP contribution is -2.44. The summed E-state index contributed by atoms with van der Waals surface area (Å²) in [7, 11) is 0. The number of aromatic nitrogens is 2. The van der Waals surface area contributed by atoms with Crippen LogP contribution in [0.15, 0.2) is 41.8 Å². The number of rotatable bonds is 4. The molecule has 3 rings (SSSR count). The van der Waals surface area contributed by atoms with Crippen LogP contribution in [0.25, 0.3) is 5.69 Å². The third-order valence-corrected chi connectivity index (χ3v) is 4.71. The molecule has 0 N–H and O–H groups in total. The molecule has 2 aromatic rings. The Labute approximate surface area is 138 Å². The van der Waals surface area contributed by atoms with Crippen molar-refractivity contribution in [2.24, 2.45) is 0 Å². The predicted octanol–water partition coefficient (Wildman–Crippen LogP) is 2.35. The number of imidazole rings is 1. The second-order valence-corrected chi connectivity index (χ2v) is 6.57. The van der Waals surface area contributed by atoms with E-state index < -0.39 is 0 Å². The Morgan fingerprint density at radius 1 is 1.39 bits per heavy atom. The molecular weight excluding hydrogens is 317 g/mol. The predicted molar refractivity (Wildman–Crippen MR) is 86.2 cm³/mol. The van der Waals surface area contributed by atoms with Gasteiger partial charge in [0.2, 0.25) is 5.91 Å². The molecule has 0 radical (unpaired) electrons. The van der Waals surface area contributed by atoms with E-state index in [1.165, 1.54) is 23.9 Å². The maximum Gasteiger partial charge on any atom is 0.236 e. The van der Waals surface area contributed by atoms with E-state index in [0.717, 1.165) is 0 Å². The average molecular weight is 335 g/mol. The van der Waals surface area contributed by atoms with Gasteiger partial charge in [-0.15, -0.1) is 0 Å². The van der Waals surface area contributed by atoms with Gasteiger partial charge in [0.05, 0.1) is 24.2 Å². The first-order chi connectivity index (χ1) is 11.1. The molecule has 1 fully saturated rings. The Balaban J connectivity index is 1.73. The van der Waals surface area contributed by atoms with E-state index in [0.29, 0.717) is 37.1 Å². The smallest absolute Gasteiger partial charge is 0.236 e. The molecule has 0 bridgehead atoms. The molecule has 1 saturated heterocycles. The normalized spacial score (nSPS) is 16.3. The highest BCUT2D eigenvalue weighted by Crippen LogP contribution is 2.26. The molecule has 1 aliphatic heterocycles. The van der Waals surface area contributed by atoms with Crippen molar-refractivity contribution in [2.75, 3.05) is 26.3 Å². The Morgan fingerprint density at radius 2 is 2.17 bits per heavy atom. The van der Waals surface area contributed by atoms with Crippen molar-refractivity contribution < 1.29 is 13.9 Å². The molecule has 0 unspecified atom stereocenters. The number of morpholine rings is 1. The first kappa shape index (κ1) is 16.0. The monoisotopic (exact) mass is 335 g/mol. The number of benzene rings is 1. The van der Waals surface area contributed by atoms with Crippen molar-refractivity contribution in [3.05, 3.63) is 42.5 Å². The van der Waals surface area contributed by atoms with Crippen LogP contribution in [0, 0.1) is 5.82 Å². The highest BCUT2D eigenvalue weighted by molar-refractivity contribution is 8.00. The number of hydrogen-bond acceptors (Lipinski definition) is 4. The second kappa shape index (κ2) is 7.14. The number of carbonyl (C=O) groups is 1. The van der Waals surface area contributed by atoms with Crippen LogP contribution < -0.4 is 0 Å². The molecule has 1 aromatic carbocycles. The van der Waals surface area contributed by atoms with Crippen molar-refractivity contribution in [3.8, 4) is 5.69 Å². The zero-order chi connectivity index (χ0) is 16.2. The third-order valence-electron chi connectivity index (χ3n) is 3.65. The van der Waals surface area contributed by atoms with Gasteiger partial charge in [0.1, 0.15) is 5.82 Å². The van der Waals surface area contributed by atoms with Crippen LogP contribution in [0.1, 0.15) is 6.92 Å². The molecule has 7 heteroatoms. The number of ether oxygens (including phenoxy) is 1. The van der Waals surface area contributed by atoms with E-state index in [1.54, 1.807) is 23.0 Å². The summed E-state index contributed by atoms with van der Waals surface area (Å²) in [6.07, 6.45) is 3.42. The van der Waals surface area contributed by atoms with E-state index in [1.807, 2.05) is 17.9 Å². The number of amides is 1. The fourth-order valence-corrected chi connectivity index (χ4v) is 3.42. The largest absolute Gasteiger partial charge is 0.378 e. The van der Waals surface area contributed by atoms with Crippen molar-refractivity contribution in [1.29, 1.82) is 0 Å². The van der Waals surface area contributed by atoms with Gasteiger partial charge in [-0.25, -0.2) is 9.37 Å². The van der Waals surface area contributed by atoms with Gasteiger partial charge in [-0.3, -0.25) is 9.36 Å². The first-order valence-electron chi connectivity index (χ1n) is 7.47. The summed E-state index contributed by atoms with van der Waals surface area (Å²) < 4.78 is 20.5. The number of carbonyl (C=O) groups excluding carboxylic acids is 1. The maximum atomic E-state index is 13.4. The van der Waals surface area contributed by atoms with E-state index >= 15 is 0 Å². The first-order valence-corrected chi connectivity index (χ1v) is 8.35.